The fourth-order valence-corrected chi connectivity index (χ4v) is 1.35. The van der Waals surface area contributed by atoms with Crippen LogP contribution in [0, 0.1) is 0 Å². The van der Waals surface area contributed by atoms with Crippen LogP contribution in [-0.4, -0.2) is 17.6 Å². The molecule has 1 aromatic carbocycles. The Morgan fingerprint density at radius 1 is 1.50 bits per heavy atom. The van der Waals surface area contributed by atoms with Gasteiger partial charge >= 0.3 is 6.03 Å². The number of amides is 2. The monoisotopic (exact) mass is 219 g/mol. The quantitative estimate of drug-likeness (QED) is 0.832. The van der Waals surface area contributed by atoms with Crippen molar-refractivity contribution in [3.8, 4) is 0 Å². The first-order valence-electron chi connectivity index (χ1n) is 5.17. The van der Waals surface area contributed by atoms with Crippen LogP contribution in [0.4, 0.5) is 10.5 Å². The van der Waals surface area contributed by atoms with Crippen LogP contribution in [0.3, 0.4) is 0 Å². The molecule has 0 fully saturated rings. The molecule has 0 bridgehead atoms. The van der Waals surface area contributed by atoms with Crippen molar-refractivity contribution in [1.82, 2.24) is 10.3 Å². The molecule has 0 saturated heterocycles. The molecule has 16 heavy (non-hydrogen) atoms. The molecule has 1 heterocycles. The summed E-state index contributed by atoms with van der Waals surface area (Å²) in [6.07, 6.45) is 2.29. The highest BCUT2D eigenvalue weighted by molar-refractivity contribution is 5.91. The smallest absolute Gasteiger partial charge is 0.319 e. The highest BCUT2D eigenvalue weighted by Crippen LogP contribution is 2.17. The molecule has 2 rings (SSSR count). The molecule has 0 spiro atoms. The third-order valence-electron chi connectivity index (χ3n) is 2.12. The topological polar surface area (TPSA) is 67.2 Å². The number of oxazole rings is 1. The molecule has 1 aromatic heterocycles. The molecule has 0 radical (unpaired) electrons. The van der Waals surface area contributed by atoms with Crippen LogP contribution in [0.2, 0.25) is 0 Å². The number of carbonyl (C=O) groups excluding carboxylic acids is 1. The van der Waals surface area contributed by atoms with E-state index in [2.05, 4.69) is 15.6 Å². The van der Waals surface area contributed by atoms with Crippen molar-refractivity contribution in [2.45, 2.75) is 13.3 Å². The summed E-state index contributed by atoms with van der Waals surface area (Å²) in [5.74, 6) is 0. The maximum absolute atomic E-state index is 11.4. The highest BCUT2D eigenvalue weighted by atomic mass is 16.3. The molecule has 0 saturated carbocycles. The van der Waals surface area contributed by atoms with E-state index < -0.39 is 0 Å². The number of aromatic nitrogens is 1. The van der Waals surface area contributed by atoms with Crippen molar-refractivity contribution in [2.24, 2.45) is 0 Å². The third kappa shape index (κ3) is 2.31. The summed E-state index contributed by atoms with van der Waals surface area (Å²) in [6, 6.07) is 5.12. The lowest BCUT2D eigenvalue weighted by atomic mass is 10.3. The summed E-state index contributed by atoms with van der Waals surface area (Å²) in [7, 11) is 0. The predicted octanol–water partition coefficient (Wildman–Crippen LogP) is 2.36. The maximum atomic E-state index is 11.4. The van der Waals surface area contributed by atoms with Crippen molar-refractivity contribution in [3.05, 3.63) is 24.6 Å². The Kier molecular flexibility index (Phi) is 3.05. The minimum atomic E-state index is -0.208. The van der Waals surface area contributed by atoms with Crippen LogP contribution in [-0.2, 0) is 0 Å². The average molecular weight is 219 g/mol. The molecule has 0 aliphatic carbocycles. The van der Waals surface area contributed by atoms with Gasteiger partial charge in [0.1, 0.15) is 5.52 Å². The zero-order valence-electron chi connectivity index (χ0n) is 8.99. The number of hydrogen-bond acceptors (Lipinski definition) is 3. The predicted molar refractivity (Wildman–Crippen MR) is 61.3 cm³/mol. The minimum Gasteiger partial charge on any atom is -0.443 e. The summed E-state index contributed by atoms with van der Waals surface area (Å²) in [5.41, 5.74) is 2.13. The van der Waals surface area contributed by atoms with Gasteiger partial charge in [0.2, 0.25) is 0 Å². The Hall–Kier alpha value is -2.04. The molecule has 5 heteroatoms. The molecule has 0 atom stereocenters. The van der Waals surface area contributed by atoms with Crippen molar-refractivity contribution in [2.75, 3.05) is 11.9 Å². The van der Waals surface area contributed by atoms with Gasteiger partial charge in [-0.2, -0.15) is 0 Å². The van der Waals surface area contributed by atoms with Crippen LogP contribution in [0.1, 0.15) is 13.3 Å². The van der Waals surface area contributed by atoms with Gasteiger partial charge in [0.05, 0.1) is 0 Å². The van der Waals surface area contributed by atoms with Crippen LogP contribution in [0.15, 0.2) is 29.0 Å². The molecule has 2 amide bonds. The first-order chi connectivity index (χ1) is 7.79. The van der Waals surface area contributed by atoms with E-state index in [-0.39, 0.29) is 6.03 Å². The summed E-state index contributed by atoms with van der Waals surface area (Å²) < 4.78 is 5.14. The van der Waals surface area contributed by atoms with Gasteiger partial charge in [-0.05, 0) is 18.6 Å². The van der Waals surface area contributed by atoms with E-state index in [0.29, 0.717) is 17.8 Å². The number of hydrogen-bond donors (Lipinski definition) is 2. The summed E-state index contributed by atoms with van der Waals surface area (Å²) in [4.78, 5) is 15.4. The van der Waals surface area contributed by atoms with Gasteiger partial charge in [0.15, 0.2) is 12.0 Å². The fourth-order valence-electron chi connectivity index (χ4n) is 1.35. The first kappa shape index (κ1) is 10.5. The van der Waals surface area contributed by atoms with E-state index in [4.69, 9.17) is 4.42 Å². The van der Waals surface area contributed by atoms with Crippen LogP contribution in [0.5, 0.6) is 0 Å². The average Bonchev–Trinajstić information content (AvgIpc) is 2.73. The number of nitrogens with one attached hydrogen (secondary N) is 2. The van der Waals surface area contributed by atoms with E-state index in [1.165, 1.54) is 6.39 Å². The number of rotatable bonds is 3. The largest absolute Gasteiger partial charge is 0.443 e. The Morgan fingerprint density at radius 3 is 3.19 bits per heavy atom. The van der Waals surface area contributed by atoms with Gasteiger partial charge < -0.3 is 15.1 Å². The number of benzene rings is 1. The third-order valence-corrected chi connectivity index (χ3v) is 2.12. The molecule has 2 N–H and O–H groups in total. The van der Waals surface area contributed by atoms with Gasteiger partial charge in [-0.3, -0.25) is 0 Å². The zero-order chi connectivity index (χ0) is 11.4. The van der Waals surface area contributed by atoms with Crippen LogP contribution in [0.25, 0.3) is 11.1 Å². The lowest BCUT2D eigenvalue weighted by molar-refractivity contribution is 0.252. The summed E-state index contributed by atoms with van der Waals surface area (Å²) in [6.45, 7) is 2.66. The first-order valence-corrected chi connectivity index (χ1v) is 5.17. The second kappa shape index (κ2) is 4.65. The lowest BCUT2D eigenvalue weighted by Crippen LogP contribution is -2.29. The van der Waals surface area contributed by atoms with Crippen molar-refractivity contribution >= 4 is 22.8 Å². The number of nitrogens with zero attached hydrogens (tertiary/aromatic N) is 1. The van der Waals surface area contributed by atoms with Gasteiger partial charge in [-0.25, -0.2) is 9.78 Å². The molecular weight excluding hydrogens is 206 g/mol. The summed E-state index contributed by atoms with van der Waals surface area (Å²) in [5, 5.41) is 5.45. The number of fused-ring (bicyclic) bond motifs is 1. The number of carbonyl (C=O) groups is 1. The number of anilines is 1. The van der Waals surface area contributed by atoms with E-state index in [1.807, 2.05) is 6.92 Å². The normalized spacial score (nSPS) is 10.3. The van der Waals surface area contributed by atoms with Gasteiger partial charge in [0, 0.05) is 18.3 Å². The second-order valence-electron chi connectivity index (χ2n) is 3.42. The van der Waals surface area contributed by atoms with Crippen molar-refractivity contribution in [3.63, 3.8) is 0 Å². The zero-order valence-corrected chi connectivity index (χ0v) is 8.99. The number of urea groups is 1. The second-order valence-corrected chi connectivity index (χ2v) is 3.42. The maximum Gasteiger partial charge on any atom is 0.319 e. The van der Waals surface area contributed by atoms with Gasteiger partial charge in [-0.1, -0.05) is 6.92 Å². The van der Waals surface area contributed by atoms with Crippen LogP contribution >= 0.6 is 0 Å². The highest BCUT2D eigenvalue weighted by Gasteiger charge is 2.03. The molecular formula is C11H13N3O2. The van der Waals surface area contributed by atoms with Crippen molar-refractivity contribution in [1.29, 1.82) is 0 Å². The fraction of sp³-hybridized carbons (Fsp3) is 0.273. The van der Waals surface area contributed by atoms with Gasteiger partial charge in [-0.15, -0.1) is 0 Å². The van der Waals surface area contributed by atoms with E-state index in [0.717, 1.165) is 11.9 Å². The lowest BCUT2D eigenvalue weighted by Gasteiger charge is -2.05. The Morgan fingerprint density at radius 2 is 2.38 bits per heavy atom. The standard InChI is InChI=1S/C11H13N3O2/c1-2-5-12-11(15)14-8-3-4-9-10(6-8)16-7-13-9/h3-4,6-7H,2,5H2,1H3,(H2,12,14,15). The van der Waals surface area contributed by atoms with Crippen molar-refractivity contribution < 1.29 is 9.21 Å². The molecule has 5 nitrogen and oxygen atoms in total. The molecule has 0 aliphatic rings. The Labute approximate surface area is 92.8 Å². The summed E-state index contributed by atoms with van der Waals surface area (Å²) >= 11 is 0. The molecule has 0 aliphatic heterocycles. The minimum absolute atomic E-state index is 0.208. The van der Waals surface area contributed by atoms with E-state index in [9.17, 15) is 4.79 Å². The van der Waals surface area contributed by atoms with Crippen LogP contribution < -0.4 is 10.6 Å². The Bertz CT molecular complexity index is 493. The van der Waals surface area contributed by atoms with Gasteiger partial charge in [0.25, 0.3) is 0 Å². The SMILES string of the molecule is CCCNC(=O)Nc1ccc2ncoc2c1. The van der Waals surface area contributed by atoms with E-state index in [1.54, 1.807) is 18.2 Å². The Balaban J connectivity index is 2.06. The molecule has 84 valence electrons. The molecule has 0 unspecified atom stereocenters. The van der Waals surface area contributed by atoms with E-state index >= 15 is 0 Å². The molecule has 2 aromatic rings.